The van der Waals surface area contributed by atoms with Gasteiger partial charge in [-0.05, 0) is 24.3 Å². The van der Waals surface area contributed by atoms with E-state index in [4.69, 9.17) is 0 Å². The molecule has 0 fully saturated rings. The molecule has 0 saturated carbocycles. The van der Waals surface area contributed by atoms with Crippen LogP contribution in [0.15, 0.2) is 16.8 Å². The molecule has 0 bridgehead atoms. The van der Waals surface area contributed by atoms with Gasteiger partial charge < -0.3 is 15.4 Å². The predicted octanol–water partition coefficient (Wildman–Crippen LogP) is 1.33. The van der Waals surface area contributed by atoms with E-state index in [1.807, 2.05) is 5.38 Å². The summed E-state index contributed by atoms with van der Waals surface area (Å²) in [5.74, 6) is -0.472. The van der Waals surface area contributed by atoms with Crippen molar-refractivity contribution < 1.29 is 19.1 Å². The van der Waals surface area contributed by atoms with Crippen molar-refractivity contribution in [1.29, 1.82) is 0 Å². The highest BCUT2D eigenvalue weighted by atomic mass is 32.1. The third-order valence-electron chi connectivity index (χ3n) is 2.76. The summed E-state index contributed by atoms with van der Waals surface area (Å²) in [5.41, 5.74) is 0.646. The summed E-state index contributed by atoms with van der Waals surface area (Å²) in [6, 6.07) is 1.76. The minimum absolute atomic E-state index is 0.0790. The van der Waals surface area contributed by atoms with E-state index in [-0.39, 0.29) is 17.8 Å². The van der Waals surface area contributed by atoms with E-state index in [1.54, 1.807) is 11.4 Å². The number of carbonyl (C=O) groups excluding carboxylic acids is 3. The fourth-order valence-corrected chi connectivity index (χ4v) is 2.23. The SMILES string of the molecule is COC(=O)CCCNC(=O)CCCNC(=O)c1ccsc1. The maximum atomic E-state index is 11.6. The predicted molar refractivity (Wildman–Crippen MR) is 80.1 cm³/mol. The molecule has 0 aliphatic rings. The van der Waals surface area contributed by atoms with Gasteiger partial charge in [-0.15, -0.1) is 0 Å². The number of thiophene rings is 1. The molecule has 0 aliphatic heterocycles. The molecule has 6 nitrogen and oxygen atoms in total. The molecule has 7 heteroatoms. The third-order valence-corrected chi connectivity index (χ3v) is 3.44. The number of esters is 1. The van der Waals surface area contributed by atoms with Crippen molar-refractivity contribution in [3.63, 3.8) is 0 Å². The van der Waals surface area contributed by atoms with Gasteiger partial charge >= 0.3 is 5.97 Å². The Labute approximate surface area is 127 Å². The van der Waals surface area contributed by atoms with Crippen LogP contribution in [0.3, 0.4) is 0 Å². The zero-order valence-electron chi connectivity index (χ0n) is 12.0. The first-order valence-electron chi connectivity index (χ1n) is 6.77. The third kappa shape index (κ3) is 7.45. The Bertz CT molecular complexity index is 460. The summed E-state index contributed by atoms with van der Waals surface area (Å²) in [6.45, 7) is 0.916. The summed E-state index contributed by atoms with van der Waals surface area (Å²) in [7, 11) is 1.34. The second-order valence-electron chi connectivity index (χ2n) is 4.40. The number of hydrogen-bond donors (Lipinski definition) is 2. The normalized spacial score (nSPS) is 9.95. The molecule has 0 atom stereocenters. The van der Waals surface area contributed by atoms with Gasteiger partial charge in [-0.25, -0.2) is 0 Å². The fraction of sp³-hybridized carbons (Fsp3) is 0.500. The van der Waals surface area contributed by atoms with Gasteiger partial charge in [-0.1, -0.05) is 0 Å². The lowest BCUT2D eigenvalue weighted by Gasteiger charge is -2.06. The topological polar surface area (TPSA) is 84.5 Å². The number of rotatable bonds is 9. The first kappa shape index (κ1) is 17.2. The number of hydrogen-bond acceptors (Lipinski definition) is 5. The van der Waals surface area contributed by atoms with Gasteiger partial charge in [0.2, 0.25) is 5.91 Å². The second-order valence-corrected chi connectivity index (χ2v) is 5.18. The molecule has 1 aromatic heterocycles. The highest BCUT2D eigenvalue weighted by molar-refractivity contribution is 7.08. The average molecular weight is 312 g/mol. The Kier molecular flexibility index (Phi) is 8.11. The maximum Gasteiger partial charge on any atom is 0.305 e. The zero-order valence-corrected chi connectivity index (χ0v) is 12.8. The van der Waals surface area contributed by atoms with Gasteiger partial charge in [0, 0.05) is 36.9 Å². The number of ether oxygens (including phenoxy) is 1. The quantitative estimate of drug-likeness (QED) is 0.532. The van der Waals surface area contributed by atoms with Crippen LogP contribution in [0.25, 0.3) is 0 Å². The van der Waals surface area contributed by atoms with E-state index in [0.717, 1.165) is 0 Å². The first-order chi connectivity index (χ1) is 10.1. The van der Waals surface area contributed by atoms with Crippen molar-refractivity contribution in [2.24, 2.45) is 0 Å². The summed E-state index contributed by atoms with van der Waals surface area (Å²) >= 11 is 1.47. The van der Waals surface area contributed by atoms with Crippen LogP contribution in [-0.4, -0.2) is 38.0 Å². The van der Waals surface area contributed by atoms with Gasteiger partial charge in [0.05, 0.1) is 7.11 Å². The maximum absolute atomic E-state index is 11.6. The molecular formula is C14H20N2O4S. The Balaban J connectivity index is 2.01. The Morgan fingerprint density at radius 2 is 1.86 bits per heavy atom. The lowest BCUT2D eigenvalue weighted by atomic mass is 10.2. The minimum Gasteiger partial charge on any atom is -0.469 e. The van der Waals surface area contributed by atoms with Crippen LogP contribution in [0.2, 0.25) is 0 Å². The van der Waals surface area contributed by atoms with Crippen molar-refractivity contribution in [1.82, 2.24) is 10.6 Å². The van der Waals surface area contributed by atoms with Crippen LogP contribution < -0.4 is 10.6 Å². The van der Waals surface area contributed by atoms with Crippen molar-refractivity contribution in [3.05, 3.63) is 22.4 Å². The number of nitrogens with one attached hydrogen (secondary N) is 2. The molecule has 0 radical (unpaired) electrons. The molecule has 21 heavy (non-hydrogen) atoms. The van der Waals surface area contributed by atoms with E-state index < -0.39 is 0 Å². The van der Waals surface area contributed by atoms with Gasteiger partial charge in [0.15, 0.2) is 0 Å². The number of carbonyl (C=O) groups is 3. The van der Waals surface area contributed by atoms with Crippen LogP contribution in [0.4, 0.5) is 0 Å². The second kappa shape index (κ2) is 9.93. The molecule has 0 saturated heterocycles. The minimum atomic E-state index is -0.277. The van der Waals surface area contributed by atoms with Crippen molar-refractivity contribution in [2.75, 3.05) is 20.2 Å². The standard InChI is InChI=1S/C14H20N2O4S/c1-20-13(18)5-3-7-15-12(17)4-2-8-16-14(19)11-6-9-21-10-11/h6,9-10H,2-5,7-8H2,1H3,(H,15,17)(H,16,19). The van der Waals surface area contributed by atoms with Gasteiger partial charge in [-0.2, -0.15) is 11.3 Å². The van der Waals surface area contributed by atoms with E-state index in [1.165, 1.54) is 18.4 Å². The van der Waals surface area contributed by atoms with E-state index in [0.29, 0.717) is 44.3 Å². The highest BCUT2D eigenvalue weighted by Crippen LogP contribution is 2.05. The van der Waals surface area contributed by atoms with Crippen LogP contribution in [-0.2, 0) is 14.3 Å². The average Bonchev–Trinajstić information content (AvgIpc) is 3.02. The van der Waals surface area contributed by atoms with E-state index in [2.05, 4.69) is 15.4 Å². The summed E-state index contributed by atoms with van der Waals surface area (Å²) in [6.07, 6.45) is 1.79. The van der Waals surface area contributed by atoms with Crippen LogP contribution in [0.5, 0.6) is 0 Å². The molecule has 2 N–H and O–H groups in total. The summed E-state index contributed by atoms with van der Waals surface area (Å²) in [5, 5.41) is 9.10. The number of methoxy groups -OCH3 is 1. The molecule has 0 spiro atoms. The molecule has 1 heterocycles. The molecule has 2 amide bonds. The van der Waals surface area contributed by atoms with Crippen LogP contribution >= 0.6 is 11.3 Å². The van der Waals surface area contributed by atoms with Crippen molar-refractivity contribution >= 4 is 29.1 Å². The van der Waals surface area contributed by atoms with Crippen molar-refractivity contribution in [2.45, 2.75) is 25.7 Å². The summed E-state index contributed by atoms with van der Waals surface area (Å²) in [4.78, 5) is 34.0. The van der Waals surface area contributed by atoms with Gasteiger partial charge in [0.25, 0.3) is 5.91 Å². The molecule has 1 aromatic rings. The summed E-state index contributed by atoms with van der Waals surface area (Å²) < 4.78 is 4.50. The lowest BCUT2D eigenvalue weighted by Crippen LogP contribution is -2.28. The Morgan fingerprint density at radius 3 is 2.52 bits per heavy atom. The first-order valence-corrected chi connectivity index (χ1v) is 7.71. The van der Waals surface area contributed by atoms with Crippen LogP contribution in [0, 0.1) is 0 Å². The lowest BCUT2D eigenvalue weighted by molar-refractivity contribution is -0.140. The van der Waals surface area contributed by atoms with E-state index >= 15 is 0 Å². The molecule has 1 rings (SSSR count). The molecular weight excluding hydrogens is 292 g/mol. The molecule has 0 unspecified atom stereocenters. The smallest absolute Gasteiger partial charge is 0.305 e. The molecule has 116 valence electrons. The fourth-order valence-electron chi connectivity index (χ4n) is 1.60. The van der Waals surface area contributed by atoms with Crippen LogP contribution in [0.1, 0.15) is 36.0 Å². The van der Waals surface area contributed by atoms with Gasteiger partial charge in [-0.3, -0.25) is 14.4 Å². The van der Waals surface area contributed by atoms with Gasteiger partial charge in [0.1, 0.15) is 0 Å². The number of amides is 2. The zero-order chi connectivity index (χ0) is 15.5. The largest absolute Gasteiger partial charge is 0.469 e. The van der Waals surface area contributed by atoms with Crippen molar-refractivity contribution in [3.8, 4) is 0 Å². The van der Waals surface area contributed by atoms with E-state index in [9.17, 15) is 14.4 Å². The monoisotopic (exact) mass is 312 g/mol. The molecule has 0 aliphatic carbocycles. The molecule has 0 aromatic carbocycles. The Morgan fingerprint density at radius 1 is 1.14 bits per heavy atom. The highest BCUT2D eigenvalue weighted by Gasteiger charge is 2.06. The Hall–Kier alpha value is -1.89.